The molecule has 5 heteroatoms. The molecule has 0 aliphatic carbocycles. The third-order valence-electron chi connectivity index (χ3n) is 3.57. The lowest BCUT2D eigenvalue weighted by Gasteiger charge is -2.32. The minimum atomic E-state index is -0.789. The fourth-order valence-electron chi connectivity index (χ4n) is 2.49. The van der Waals surface area contributed by atoms with Gasteiger partial charge in [0.25, 0.3) is 5.91 Å². The predicted octanol–water partition coefficient (Wildman–Crippen LogP) is 2.04. The van der Waals surface area contributed by atoms with Crippen LogP contribution in [0.1, 0.15) is 23.2 Å². The van der Waals surface area contributed by atoms with Crippen LogP contribution in [0.5, 0.6) is 0 Å². The first kappa shape index (κ1) is 13.9. The number of likely N-dealkylation sites (tertiary alicyclic amines) is 1. The highest BCUT2D eigenvalue weighted by Gasteiger charge is 2.26. The highest BCUT2D eigenvalue weighted by atomic mass is 19.1. The van der Waals surface area contributed by atoms with E-state index < -0.39 is 23.1 Å². The van der Waals surface area contributed by atoms with E-state index in [0.29, 0.717) is 19.0 Å². The van der Waals surface area contributed by atoms with Crippen molar-refractivity contribution >= 4 is 5.91 Å². The van der Waals surface area contributed by atoms with E-state index >= 15 is 0 Å². The van der Waals surface area contributed by atoms with Gasteiger partial charge in [0.2, 0.25) is 0 Å². The second-order valence-electron chi connectivity index (χ2n) is 4.89. The van der Waals surface area contributed by atoms with Crippen LogP contribution in [-0.2, 0) is 0 Å². The molecule has 1 fully saturated rings. The lowest BCUT2D eigenvalue weighted by Crippen LogP contribution is -2.41. The highest BCUT2D eigenvalue weighted by molar-refractivity contribution is 5.94. The number of piperidine rings is 1. The lowest BCUT2D eigenvalue weighted by atomic mass is 9.96. The third kappa shape index (κ3) is 3.10. The maximum Gasteiger partial charge on any atom is 0.259 e. The molecule has 1 aliphatic rings. The molecule has 1 aromatic carbocycles. The van der Waals surface area contributed by atoms with Crippen molar-refractivity contribution in [2.45, 2.75) is 12.8 Å². The minimum Gasteiger partial charge on any atom is -0.338 e. The summed E-state index contributed by atoms with van der Waals surface area (Å²) in [7, 11) is 1.90. The van der Waals surface area contributed by atoms with E-state index in [2.05, 4.69) is 5.32 Å². The summed E-state index contributed by atoms with van der Waals surface area (Å²) in [6.45, 7) is 2.02. The summed E-state index contributed by atoms with van der Waals surface area (Å²) in [4.78, 5) is 13.7. The standard InChI is InChI=1S/C14H18F2N2O/c1-17-9-10-5-7-18(8-6-10)14(19)13-11(15)3-2-4-12(13)16/h2-4,10,17H,5-9H2,1H3. The number of hydrogen-bond donors (Lipinski definition) is 1. The number of benzene rings is 1. The Labute approximate surface area is 111 Å². The number of nitrogens with zero attached hydrogens (tertiary/aromatic N) is 1. The van der Waals surface area contributed by atoms with Crippen LogP contribution in [-0.4, -0.2) is 37.5 Å². The topological polar surface area (TPSA) is 32.3 Å². The Balaban J connectivity index is 2.05. The largest absolute Gasteiger partial charge is 0.338 e. The van der Waals surface area contributed by atoms with Gasteiger partial charge >= 0.3 is 0 Å². The first-order valence-corrected chi connectivity index (χ1v) is 6.51. The number of nitrogens with one attached hydrogen (secondary N) is 1. The molecular weight excluding hydrogens is 250 g/mol. The van der Waals surface area contributed by atoms with Crippen molar-refractivity contribution < 1.29 is 13.6 Å². The summed E-state index contributed by atoms with van der Waals surface area (Å²) in [5.41, 5.74) is -0.436. The molecule has 0 atom stereocenters. The van der Waals surface area contributed by atoms with Gasteiger partial charge in [-0.2, -0.15) is 0 Å². The molecule has 1 heterocycles. The van der Waals surface area contributed by atoms with Gasteiger partial charge in [-0.25, -0.2) is 8.78 Å². The van der Waals surface area contributed by atoms with E-state index in [1.807, 2.05) is 7.05 Å². The SMILES string of the molecule is CNCC1CCN(C(=O)c2c(F)cccc2F)CC1. The Morgan fingerprint density at radius 1 is 1.32 bits per heavy atom. The Morgan fingerprint density at radius 3 is 2.42 bits per heavy atom. The number of carbonyl (C=O) groups excluding carboxylic acids is 1. The van der Waals surface area contributed by atoms with Crippen LogP contribution in [0, 0.1) is 17.6 Å². The summed E-state index contributed by atoms with van der Waals surface area (Å²) in [5.74, 6) is -1.59. The summed E-state index contributed by atoms with van der Waals surface area (Å²) < 4.78 is 27.1. The van der Waals surface area contributed by atoms with Gasteiger partial charge in [-0.15, -0.1) is 0 Å². The Hall–Kier alpha value is -1.49. The van der Waals surface area contributed by atoms with Gasteiger partial charge in [0.05, 0.1) is 0 Å². The molecule has 0 bridgehead atoms. The Bertz CT molecular complexity index is 437. The molecule has 1 saturated heterocycles. The molecule has 3 nitrogen and oxygen atoms in total. The molecule has 2 rings (SSSR count). The number of halogens is 2. The van der Waals surface area contributed by atoms with Crippen molar-refractivity contribution in [3.05, 3.63) is 35.4 Å². The normalized spacial score (nSPS) is 16.7. The van der Waals surface area contributed by atoms with Crippen molar-refractivity contribution in [2.75, 3.05) is 26.7 Å². The van der Waals surface area contributed by atoms with Crippen LogP contribution in [0.2, 0.25) is 0 Å². The van der Waals surface area contributed by atoms with Crippen molar-refractivity contribution in [1.82, 2.24) is 10.2 Å². The summed E-state index contributed by atoms with van der Waals surface area (Å²) >= 11 is 0. The molecule has 1 aromatic rings. The van der Waals surface area contributed by atoms with E-state index in [1.165, 1.54) is 11.0 Å². The molecule has 104 valence electrons. The molecule has 0 spiro atoms. The number of rotatable bonds is 3. The van der Waals surface area contributed by atoms with Gasteiger partial charge in [0.15, 0.2) is 0 Å². The van der Waals surface area contributed by atoms with Crippen LogP contribution in [0.3, 0.4) is 0 Å². The fraction of sp³-hybridized carbons (Fsp3) is 0.500. The highest BCUT2D eigenvalue weighted by Crippen LogP contribution is 2.21. The number of carbonyl (C=O) groups is 1. The smallest absolute Gasteiger partial charge is 0.259 e. The predicted molar refractivity (Wildman–Crippen MR) is 68.9 cm³/mol. The quantitative estimate of drug-likeness (QED) is 0.910. The van der Waals surface area contributed by atoms with Gasteiger partial charge in [-0.3, -0.25) is 4.79 Å². The molecule has 19 heavy (non-hydrogen) atoms. The average Bonchev–Trinajstić information content (AvgIpc) is 2.39. The summed E-state index contributed by atoms with van der Waals surface area (Å²) in [6, 6.07) is 3.49. The number of amides is 1. The monoisotopic (exact) mass is 268 g/mol. The zero-order valence-corrected chi connectivity index (χ0v) is 11.0. The van der Waals surface area contributed by atoms with Gasteiger partial charge in [-0.05, 0) is 44.5 Å². The first-order valence-electron chi connectivity index (χ1n) is 6.51. The third-order valence-corrected chi connectivity index (χ3v) is 3.57. The van der Waals surface area contributed by atoms with Gasteiger partial charge < -0.3 is 10.2 Å². The second kappa shape index (κ2) is 6.10. The number of hydrogen-bond acceptors (Lipinski definition) is 2. The van der Waals surface area contributed by atoms with Crippen LogP contribution in [0.4, 0.5) is 8.78 Å². The van der Waals surface area contributed by atoms with E-state index in [9.17, 15) is 13.6 Å². The molecule has 1 amide bonds. The van der Waals surface area contributed by atoms with E-state index in [0.717, 1.165) is 31.5 Å². The fourth-order valence-corrected chi connectivity index (χ4v) is 2.49. The van der Waals surface area contributed by atoms with E-state index in [1.54, 1.807) is 0 Å². The van der Waals surface area contributed by atoms with Crippen LogP contribution >= 0.6 is 0 Å². The molecule has 0 aromatic heterocycles. The second-order valence-corrected chi connectivity index (χ2v) is 4.89. The summed E-state index contributed by atoms with van der Waals surface area (Å²) in [5, 5.41) is 3.11. The van der Waals surface area contributed by atoms with Crippen molar-refractivity contribution in [3.8, 4) is 0 Å². The maximum absolute atomic E-state index is 13.6. The van der Waals surface area contributed by atoms with Gasteiger partial charge in [0.1, 0.15) is 17.2 Å². The van der Waals surface area contributed by atoms with Crippen LogP contribution < -0.4 is 5.32 Å². The van der Waals surface area contributed by atoms with Gasteiger partial charge in [-0.1, -0.05) is 6.07 Å². The Kier molecular flexibility index (Phi) is 4.47. The maximum atomic E-state index is 13.6. The molecule has 0 radical (unpaired) electrons. The Morgan fingerprint density at radius 2 is 1.89 bits per heavy atom. The van der Waals surface area contributed by atoms with Crippen molar-refractivity contribution in [2.24, 2.45) is 5.92 Å². The molecule has 1 N–H and O–H groups in total. The zero-order valence-electron chi connectivity index (χ0n) is 11.0. The molecular formula is C14H18F2N2O. The molecule has 0 unspecified atom stereocenters. The van der Waals surface area contributed by atoms with Crippen molar-refractivity contribution in [1.29, 1.82) is 0 Å². The summed E-state index contributed by atoms with van der Waals surface area (Å²) in [6.07, 6.45) is 1.73. The van der Waals surface area contributed by atoms with Crippen LogP contribution in [0.25, 0.3) is 0 Å². The van der Waals surface area contributed by atoms with Crippen LogP contribution in [0.15, 0.2) is 18.2 Å². The molecule has 0 saturated carbocycles. The van der Waals surface area contributed by atoms with E-state index in [4.69, 9.17) is 0 Å². The zero-order chi connectivity index (χ0) is 13.8. The van der Waals surface area contributed by atoms with Gasteiger partial charge in [0, 0.05) is 13.1 Å². The first-order chi connectivity index (χ1) is 9.13. The minimum absolute atomic E-state index is 0.436. The average molecular weight is 268 g/mol. The van der Waals surface area contributed by atoms with Crippen molar-refractivity contribution in [3.63, 3.8) is 0 Å². The lowest BCUT2D eigenvalue weighted by molar-refractivity contribution is 0.0681. The molecule has 1 aliphatic heterocycles. The van der Waals surface area contributed by atoms with E-state index in [-0.39, 0.29) is 0 Å².